The lowest BCUT2D eigenvalue weighted by molar-refractivity contribution is -0.137. The normalized spacial score (nSPS) is 10.4. The second kappa shape index (κ2) is 7.67. The Morgan fingerprint density at radius 3 is 2.21 bits per heavy atom. The van der Waals surface area contributed by atoms with Crippen molar-refractivity contribution in [2.24, 2.45) is 0 Å². The highest BCUT2D eigenvalue weighted by atomic mass is 32.1. The molecule has 0 unspecified atom stereocenters. The van der Waals surface area contributed by atoms with Crippen LogP contribution in [0.1, 0.15) is 31.2 Å². The highest BCUT2D eigenvalue weighted by molar-refractivity contribution is 7.15. The number of carboxylic acids is 2. The fourth-order valence-corrected chi connectivity index (χ4v) is 2.44. The van der Waals surface area contributed by atoms with Crippen LogP contribution >= 0.6 is 11.3 Å². The molecule has 0 bridgehead atoms. The van der Waals surface area contributed by atoms with Crippen molar-refractivity contribution in [1.29, 1.82) is 0 Å². The molecule has 0 radical (unpaired) electrons. The molecule has 1 heterocycles. The molecule has 0 aliphatic rings. The maximum Gasteiger partial charge on any atom is 0.305 e. The van der Waals surface area contributed by atoms with Gasteiger partial charge in [-0.05, 0) is 6.42 Å². The number of aromatic nitrogens is 2. The van der Waals surface area contributed by atoms with Gasteiger partial charge in [0.1, 0.15) is 5.01 Å². The van der Waals surface area contributed by atoms with Gasteiger partial charge in [0.2, 0.25) is 5.13 Å². The molecule has 0 amide bonds. The van der Waals surface area contributed by atoms with Crippen LogP contribution in [-0.4, -0.2) is 45.4 Å². The fourth-order valence-electron chi connectivity index (χ4n) is 1.45. The summed E-state index contributed by atoms with van der Waals surface area (Å²) in [6, 6.07) is 0. The molecule has 0 fully saturated rings. The van der Waals surface area contributed by atoms with E-state index in [-0.39, 0.29) is 25.9 Å². The number of hydrogen-bond donors (Lipinski definition) is 2. The van der Waals surface area contributed by atoms with Gasteiger partial charge in [-0.25, -0.2) is 0 Å². The van der Waals surface area contributed by atoms with E-state index >= 15 is 0 Å². The molecule has 7 nitrogen and oxygen atoms in total. The first kappa shape index (κ1) is 15.4. The van der Waals surface area contributed by atoms with E-state index in [4.69, 9.17) is 10.2 Å². The van der Waals surface area contributed by atoms with Crippen molar-refractivity contribution in [3.63, 3.8) is 0 Å². The van der Waals surface area contributed by atoms with Gasteiger partial charge in [0.05, 0.1) is 12.8 Å². The van der Waals surface area contributed by atoms with Crippen LogP contribution in [0.3, 0.4) is 0 Å². The number of aryl methyl sites for hydroxylation is 1. The molecule has 19 heavy (non-hydrogen) atoms. The standard InChI is InChI=1S/C11H17N3O4S/c1-2-3-8-12-13-11(19-8)14(6-4-9(15)16)7-5-10(17)18/h2-7H2,1H3,(H,15,16)(H,17,18). The smallest absolute Gasteiger partial charge is 0.305 e. The number of anilines is 1. The van der Waals surface area contributed by atoms with Crippen LogP contribution in [0.15, 0.2) is 0 Å². The first-order chi connectivity index (χ1) is 9.02. The van der Waals surface area contributed by atoms with E-state index in [1.54, 1.807) is 4.90 Å². The Labute approximate surface area is 114 Å². The van der Waals surface area contributed by atoms with Gasteiger partial charge in [-0.3, -0.25) is 9.59 Å². The van der Waals surface area contributed by atoms with Crippen molar-refractivity contribution in [3.05, 3.63) is 5.01 Å². The van der Waals surface area contributed by atoms with Crippen molar-refractivity contribution in [1.82, 2.24) is 10.2 Å². The predicted octanol–water partition coefficient (Wildman–Crippen LogP) is 1.25. The molecule has 8 heteroatoms. The average molecular weight is 287 g/mol. The minimum Gasteiger partial charge on any atom is -0.481 e. The van der Waals surface area contributed by atoms with E-state index < -0.39 is 11.9 Å². The molecule has 0 spiro atoms. The summed E-state index contributed by atoms with van der Waals surface area (Å²) in [7, 11) is 0. The van der Waals surface area contributed by atoms with E-state index in [0.717, 1.165) is 17.8 Å². The summed E-state index contributed by atoms with van der Waals surface area (Å²) in [6.45, 7) is 2.51. The van der Waals surface area contributed by atoms with Gasteiger partial charge >= 0.3 is 11.9 Å². The monoisotopic (exact) mass is 287 g/mol. The van der Waals surface area contributed by atoms with Gasteiger partial charge < -0.3 is 15.1 Å². The van der Waals surface area contributed by atoms with Crippen LogP contribution in [0, 0.1) is 0 Å². The maximum atomic E-state index is 10.6. The zero-order valence-electron chi connectivity index (χ0n) is 10.7. The third-order valence-electron chi connectivity index (χ3n) is 2.38. The summed E-state index contributed by atoms with van der Waals surface area (Å²) >= 11 is 1.39. The van der Waals surface area contributed by atoms with E-state index in [9.17, 15) is 9.59 Å². The zero-order valence-corrected chi connectivity index (χ0v) is 11.5. The molecular weight excluding hydrogens is 270 g/mol. The quantitative estimate of drug-likeness (QED) is 0.704. The van der Waals surface area contributed by atoms with Crippen molar-refractivity contribution in [2.45, 2.75) is 32.6 Å². The second-order valence-corrected chi connectivity index (χ2v) is 5.04. The predicted molar refractivity (Wildman–Crippen MR) is 70.6 cm³/mol. The van der Waals surface area contributed by atoms with Gasteiger partial charge in [-0.2, -0.15) is 0 Å². The van der Waals surface area contributed by atoms with Crippen LogP contribution < -0.4 is 4.90 Å². The maximum absolute atomic E-state index is 10.6. The fraction of sp³-hybridized carbons (Fsp3) is 0.636. The van der Waals surface area contributed by atoms with E-state index in [2.05, 4.69) is 10.2 Å². The van der Waals surface area contributed by atoms with Gasteiger partial charge in [-0.1, -0.05) is 18.3 Å². The molecule has 0 atom stereocenters. The highest BCUT2D eigenvalue weighted by Crippen LogP contribution is 2.21. The molecule has 0 saturated heterocycles. The summed E-state index contributed by atoms with van der Waals surface area (Å²) in [4.78, 5) is 22.9. The molecule has 1 rings (SSSR count). The van der Waals surface area contributed by atoms with Crippen LogP contribution in [-0.2, 0) is 16.0 Å². The first-order valence-electron chi connectivity index (χ1n) is 6.03. The summed E-state index contributed by atoms with van der Waals surface area (Å²) in [5, 5.41) is 26.9. The first-order valence-corrected chi connectivity index (χ1v) is 6.85. The third kappa shape index (κ3) is 5.64. The average Bonchev–Trinajstić information content (AvgIpc) is 2.77. The molecule has 106 valence electrons. The lowest BCUT2D eigenvalue weighted by Crippen LogP contribution is -2.28. The Morgan fingerprint density at radius 2 is 1.74 bits per heavy atom. The Balaban J connectivity index is 2.68. The summed E-state index contributed by atoms with van der Waals surface area (Å²) in [5.41, 5.74) is 0. The topological polar surface area (TPSA) is 104 Å². The Morgan fingerprint density at radius 1 is 1.16 bits per heavy atom. The van der Waals surface area contributed by atoms with Gasteiger partial charge in [-0.15, -0.1) is 10.2 Å². The van der Waals surface area contributed by atoms with Crippen molar-refractivity contribution in [3.8, 4) is 0 Å². The SMILES string of the molecule is CCCc1nnc(N(CCC(=O)O)CCC(=O)O)s1. The number of hydrogen-bond acceptors (Lipinski definition) is 6. The number of carbonyl (C=O) groups is 2. The van der Waals surface area contributed by atoms with Crippen molar-refractivity contribution < 1.29 is 19.8 Å². The number of aliphatic carboxylic acids is 2. The lowest BCUT2D eigenvalue weighted by atomic mass is 10.3. The van der Waals surface area contributed by atoms with E-state index in [0.29, 0.717) is 5.13 Å². The van der Waals surface area contributed by atoms with Gasteiger partial charge in [0.25, 0.3) is 0 Å². The minimum absolute atomic E-state index is 0.0533. The molecule has 0 aromatic carbocycles. The van der Waals surface area contributed by atoms with Crippen LogP contribution in [0.25, 0.3) is 0 Å². The molecular formula is C11H17N3O4S. The van der Waals surface area contributed by atoms with E-state index in [1.165, 1.54) is 11.3 Å². The summed E-state index contributed by atoms with van der Waals surface area (Å²) < 4.78 is 0. The number of rotatable bonds is 9. The third-order valence-corrected chi connectivity index (χ3v) is 3.43. The van der Waals surface area contributed by atoms with Crippen molar-refractivity contribution in [2.75, 3.05) is 18.0 Å². The minimum atomic E-state index is -0.918. The summed E-state index contributed by atoms with van der Waals surface area (Å²) in [5.74, 6) is -1.84. The Hall–Kier alpha value is -1.70. The van der Waals surface area contributed by atoms with Crippen LogP contribution in [0.2, 0.25) is 0 Å². The van der Waals surface area contributed by atoms with Crippen molar-refractivity contribution >= 4 is 28.4 Å². The largest absolute Gasteiger partial charge is 0.481 e. The molecule has 0 aliphatic carbocycles. The number of nitrogens with zero attached hydrogens (tertiary/aromatic N) is 3. The van der Waals surface area contributed by atoms with Gasteiger partial charge in [0.15, 0.2) is 0 Å². The molecule has 1 aromatic rings. The molecule has 0 aliphatic heterocycles. The zero-order chi connectivity index (χ0) is 14.3. The summed E-state index contributed by atoms with van der Waals surface area (Å²) in [6.07, 6.45) is 1.67. The Bertz CT molecular complexity index is 417. The lowest BCUT2D eigenvalue weighted by Gasteiger charge is -2.19. The van der Waals surface area contributed by atoms with Crippen LogP contribution in [0.4, 0.5) is 5.13 Å². The highest BCUT2D eigenvalue weighted by Gasteiger charge is 2.15. The van der Waals surface area contributed by atoms with Gasteiger partial charge in [0, 0.05) is 19.5 Å². The second-order valence-electron chi connectivity index (χ2n) is 4.00. The van der Waals surface area contributed by atoms with Crippen LogP contribution in [0.5, 0.6) is 0 Å². The molecule has 0 saturated carbocycles. The Kier molecular flexibility index (Phi) is 6.20. The molecule has 2 N–H and O–H groups in total. The van der Waals surface area contributed by atoms with E-state index in [1.807, 2.05) is 6.92 Å². The molecule has 1 aromatic heterocycles. The number of carboxylic acid groups (broad SMARTS) is 2.